The number of aliphatic imine (C=N–C) groups is 1. The molecule has 0 spiro atoms. The molecule has 1 atom stereocenters. The number of nitrogens with zero attached hydrogens (tertiary/aromatic N) is 1. The zero-order valence-corrected chi connectivity index (χ0v) is 12.5. The van der Waals surface area contributed by atoms with Gasteiger partial charge >= 0.3 is 0 Å². The summed E-state index contributed by atoms with van der Waals surface area (Å²) >= 11 is 0. The van der Waals surface area contributed by atoms with Crippen LogP contribution in [0.4, 0.5) is 0 Å². The van der Waals surface area contributed by atoms with Crippen molar-refractivity contribution in [1.82, 2.24) is 10.6 Å². The summed E-state index contributed by atoms with van der Waals surface area (Å²) in [5.74, 6) is 2.00. The average Bonchev–Trinajstić information content (AvgIpc) is 2.33. The lowest BCUT2D eigenvalue weighted by molar-refractivity contribution is 0.251. The highest BCUT2D eigenvalue weighted by Crippen LogP contribution is 2.09. The van der Waals surface area contributed by atoms with Gasteiger partial charge in [0.25, 0.3) is 0 Å². The lowest BCUT2D eigenvalue weighted by atomic mass is 10.0. The van der Waals surface area contributed by atoms with Gasteiger partial charge in [-0.15, -0.1) is 0 Å². The molecule has 4 heteroatoms. The summed E-state index contributed by atoms with van der Waals surface area (Å²) in [6, 6.07) is 0. The van der Waals surface area contributed by atoms with Gasteiger partial charge in [0.15, 0.2) is 5.96 Å². The number of rotatable bonds is 9. The summed E-state index contributed by atoms with van der Waals surface area (Å²) in [7, 11) is 0. The van der Waals surface area contributed by atoms with Crippen LogP contribution in [0.1, 0.15) is 47.0 Å². The summed E-state index contributed by atoms with van der Waals surface area (Å²) in [6.45, 7) is 11.5. The van der Waals surface area contributed by atoms with Crippen molar-refractivity contribution in [1.29, 1.82) is 0 Å². The molecule has 0 aliphatic rings. The minimum atomic E-state index is 0.270. The van der Waals surface area contributed by atoms with Gasteiger partial charge in [0.1, 0.15) is 0 Å². The third-order valence-electron chi connectivity index (χ3n) is 2.75. The van der Waals surface area contributed by atoms with E-state index in [4.69, 9.17) is 5.11 Å². The smallest absolute Gasteiger partial charge is 0.191 e. The average molecular weight is 257 g/mol. The van der Waals surface area contributed by atoms with Crippen molar-refractivity contribution < 1.29 is 5.11 Å². The van der Waals surface area contributed by atoms with E-state index < -0.39 is 0 Å². The molecule has 4 nitrogen and oxygen atoms in total. The lowest BCUT2D eigenvalue weighted by Gasteiger charge is -2.18. The maximum atomic E-state index is 9.03. The first kappa shape index (κ1) is 17.2. The molecule has 0 amide bonds. The van der Waals surface area contributed by atoms with Crippen LogP contribution in [-0.4, -0.2) is 37.3 Å². The number of guanidine groups is 1. The molecule has 0 aromatic heterocycles. The Kier molecular flexibility index (Phi) is 10.8. The molecule has 0 aromatic carbocycles. The molecule has 1 unspecified atom stereocenters. The molecule has 18 heavy (non-hydrogen) atoms. The van der Waals surface area contributed by atoms with E-state index in [-0.39, 0.29) is 6.61 Å². The van der Waals surface area contributed by atoms with Crippen LogP contribution in [0.15, 0.2) is 4.99 Å². The number of aliphatic hydroxyl groups excluding tert-OH is 1. The molecule has 0 aliphatic carbocycles. The fraction of sp³-hybridized carbons (Fsp3) is 0.929. The molecule has 0 radical (unpaired) electrons. The van der Waals surface area contributed by atoms with Crippen molar-refractivity contribution in [2.45, 2.75) is 47.0 Å². The molecule has 0 fully saturated rings. The first-order valence-electron chi connectivity index (χ1n) is 7.27. The predicted octanol–water partition coefficient (Wildman–Crippen LogP) is 2.00. The molecule has 3 N–H and O–H groups in total. The van der Waals surface area contributed by atoms with Gasteiger partial charge in [0.2, 0.25) is 0 Å². The minimum Gasteiger partial charge on any atom is -0.396 e. The van der Waals surface area contributed by atoms with E-state index in [0.29, 0.717) is 11.8 Å². The summed E-state index contributed by atoms with van der Waals surface area (Å²) in [5.41, 5.74) is 0. The predicted molar refractivity (Wildman–Crippen MR) is 78.9 cm³/mol. The second kappa shape index (κ2) is 11.3. The van der Waals surface area contributed by atoms with Gasteiger partial charge in [-0.2, -0.15) is 0 Å². The number of hydrogen-bond donors (Lipinski definition) is 3. The Hall–Kier alpha value is -0.770. The van der Waals surface area contributed by atoms with Crippen LogP contribution in [0.25, 0.3) is 0 Å². The van der Waals surface area contributed by atoms with E-state index in [2.05, 4.69) is 43.3 Å². The van der Waals surface area contributed by atoms with E-state index in [1.165, 1.54) is 0 Å². The summed E-state index contributed by atoms with van der Waals surface area (Å²) in [4.78, 5) is 4.54. The highest BCUT2D eigenvalue weighted by atomic mass is 16.3. The van der Waals surface area contributed by atoms with Gasteiger partial charge in [-0.05, 0) is 31.6 Å². The maximum absolute atomic E-state index is 9.03. The van der Waals surface area contributed by atoms with Gasteiger partial charge in [-0.25, -0.2) is 0 Å². The van der Waals surface area contributed by atoms with Gasteiger partial charge in [-0.3, -0.25) is 4.99 Å². The van der Waals surface area contributed by atoms with E-state index in [0.717, 1.165) is 44.9 Å². The number of hydrogen-bond acceptors (Lipinski definition) is 2. The van der Waals surface area contributed by atoms with E-state index in [9.17, 15) is 0 Å². The first-order chi connectivity index (χ1) is 8.63. The standard InChI is InChI=1S/C14H31N3O/c1-5-7-13(8-9-18)11-17-14(15-6-2)16-10-12(3)4/h12-13,18H,5-11H2,1-4H3,(H2,15,16,17). The van der Waals surface area contributed by atoms with Crippen molar-refractivity contribution in [3.63, 3.8) is 0 Å². The fourth-order valence-electron chi connectivity index (χ4n) is 1.80. The molecular weight excluding hydrogens is 226 g/mol. The third kappa shape index (κ3) is 9.28. The molecule has 0 aromatic rings. The highest BCUT2D eigenvalue weighted by Gasteiger charge is 2.08. The molecule has 0 bridgehead atoms. The van der Waals surface area contributed by atoms with E-state index in [1.807, 2.05) is 0 Å². The van der Waals surface area contributed by atoms with Crippen molar-refractivity contribution in [2.24, 2.45) is 16.8 Å². The van der Waals surface area contributed by atoms with Crippen LogP contribution in [0.2, 0.25) is 0 Å². The van der Waals surface area contributed by atoms with Crippen LogP contribution < -0.4 is 10.6 Å². The molecular formula is C14H31N3O. The van der Waals surface area contributed by atoms with Crippen molar-refractivity contribution in [2.75, 3.05) is 26.2 Å². The summed E-state index contributed by atoms with van der Waals surface area (Å²) in [5, 5.41) is 15.7. The summed E-state index contributed by atoms with van der Waals surface area (Å²) < 4.78 is 0. The minimum absolute atomic E-state index is 0.270. The topological polar surface area (TPSA) is 56.6 Å². The second-order valence-corrected chi connectivity index (χ2v) is 5.16. The zero-order valence-electron chi connectivity index (χ0n) is 12.5. The quantitative estimate of drug-likeness (QED) is 0.437. The van der Waals surface area contributed by atoms with Gasteiger partial charge in [-0.1, -0.05) is 27.2 Å². The van der Waals surface area contributed by atoms with E-state index in [1.54, 1.807) is 0 Å². The zero-order chi connectivity index (χ0) is 13.8. The fourth-order valence-corrected chi connectivity index (χ4v) is 1.80. The Morgan fingerprint density at radius 2 is 1.89 bits per heavy atom. The number of aliphatic hydroxyl groups is 1. The molecule has 0 saturated heterocycles. The van der Waals surface area contributed by atoms with Crippen LogP contribution >= 0.6 is 0 Å². The van der Waals surface area contributed by atoms with Crippen molar-refractivity contribution in [3.05, 3.63) is 0 Å². The van der Waals surface area contributed by atoms with Gasteiger partial charge < -0.3 is 15.7 Å². The van der Waals surface area contributed by atoms with Crippen molar-refractivity contribution >= 4 is 5.96 Å². The summed E-state index contributed by atoms with van der Waals surface area (Å²) in [6.07, 6.45) is 3.17. The first-order valence-corrected chi connectivity index (χ1v) is 7.27. The SMILES string of the molecule is CCCC(CCO)CNC(=NCC(C)C)NCC. The van der Waals surface area contributed by atoms with Gasteiger partial charge in [0.05, 0.1) is 0 Å². The normalized spacial score (nSPS) is 13.8. The Morgan fingerprint density at radius 3 is 2.39 bits per heavy atom. The molecule has 0 heterocycles. The number of nitrogens with one attached hydrogen (secondary N) is 2. The second-order valence-electron chi connectivity index (χ2n) is 5.16. The van der Waals surface area contributed by atoms with Crippen LogP contribution in [0.5, 0.6) is 0 Å². The Labute approximate surface area is 112 Å². The van der Waals surface area contributed by atoms with Crippen LogP contribution in [0.3, 0.4) is 0 Å². The Morgan fingerprint density at radius 1 is 1.17 bits per heavy atom. The largest absolute Gasteiger partial charge is 0.396 e. The molecule has 0 saturated carbocycles. The lowest BCUT2D eigenvalue weighted by Crippen LogP contribution is -2.40. The molecule has 108 valence electrons. The van der Waals surface area contributed by atoms with Crippen LogP contribution in [-0.2, 0) is 0 Å². The Balaban J connectivity index is 4.17. The highest BCUT2D eigenvalue weighted by molar-refractivity contribution is 5.79. The molecule has 0 aliphatic heterocycles. The molecule has 0 rings (SSSR count). The van der Waals surface area contributed by atoms with Crippen LogP contribution in [0, 0.1) is 11.8 Å². The van der Waals surface area contributed by atoms with Crippen molar-refractivity contribution in [3.8, 4) is 0 Å². The Bertz CT molecular complexity index is 211. The van der Waals surface area contributed by atoms with E-state index >= 15 is 0 Å². The third-order valence-corrected chi connectivity index (χ3v) is 2.75. The van der Waals surface area contributed by atoms with Gasteiger partial charge in [0, 0.05) is 26.2 Å². The maximum Gasteiger partial charge on any atom is 0.191 e. The monoisotopic (exact) mass is 257 g/mol.